The van der Waals surface area contributed by atoms with E-state index in [0.717, 1.165) is 29.7 Å². The predicted octanol–water partition coefficient (Wildman–Crippen LogP) is 2.76. The van der Waals surface area contributed by atoms with Gasteiger partial charge in [0.1, 0.15) is 5.82 Å². The highest BCUT2D eigenvalue weighted by atomic mass is 19.1. The molecule has 4 heteroatoms. The lowest BCUT2D eigenvalue weighted by Gasteiger charge is -2.25. The van der Waals surface area contributed by atoms with Crippen molar-refractivity contribution < 1.29 is 4.39 Å². The fraction of sp³-hybridized carbons (Fsp3) is 0.312. The Morgan fingerprint density at radius 3 is 3.00 bits per heavy atom. The van der Waals surface area contributed by atoms with Gasteiger partial charge < -0.3 is 0 Å². The monoisotopic (exact) mass is 271 g/mol. The van der Waals surface area contributed by atoms with Gasteiger partial charge in [-0.2, -0.15) is 0 Å². The molecular weight excluding hydrogens is 253 g/mol. The number of aryl methyl sites for hydroxylation is 2. The Hall–Kier alpha value is -1.78. The molecule has 0 amide bonds. The van der Waals surface area contributed by atoms with E-state index in [1.165, 1.54) is 11.6 Å². The van der Waals surface area contributed by atoms with E-state index in [1.54, 1.807) is 6.07 Å². The first-order valence-electron chi connectivity index (χ1n) is 6.86. The maximum atomic E-state index is 13.3. The number of benzene rings is 1. The molecule has 0 fully saturated rings. The second-order valence-electron chi connectivity index (χ2n) is 5.34. The standard InChI is InChI=1S/C16H18FN3/c1-10-9-12(17)5-7-13(10)16(20-18)14-6-4-11-3-2-8-19-15(11)14/h2-3,5,7-9,14,16,20H,4,6,18H2,1H3. The van der Waals surface area contributed by atoms with Crippen LogP contribution in [0.3, 0.4) is 0 Å². The van der Waals surface area contributed by atoms with Gasteiger partial charge in [0, 0.05) is 17.8 Å². The molecule has 0 radical (unpaired) electrons. The third-order valence-corrected chi connectivity index (χ3v) is 4.15. The summed E-state index contributed by atoms with van der Waals surface area (Å²) >= 11 is 0. The molecule has 0 saturated heterocycles. The molecule has 20 heavy (non-hydrogen) atoms. The van der Waals surface area contributed by atoms with Crippen molar-refractivity contribution in [2.45, 2.75) is 31.7 Å². The summed E-state index contributed by atoms with van der Waals surface area (Å²) in [6.45, 7) is 1.91. The SMILES string of the molecule is Cc1cc(F)ccc1C(NN)C1CCc2cccnc21. The summed E-state index contributed by atoms with van der Waals surface area (Å²) in [5, 5.41) is 0. The van der Waals surface area contributed by atoms with Crippen LogP contribution >= 0.6 is 0 Å². The first-order chi connectivity index (χ1) is 9.70. The Balaban J connectivity index is 1.99. The van der Waals surface area contributed by atoms with E-state index < -0.39 is 0 Å². The van der Waals surface area contributed by atoms with Crippen molar-refractivity contribution in [2.24, 2.45) is 5.84 Å². The second kappa shape index (κ2) is 5.31. The number of pyridine rings is 1. The Bertz CT molecular complexity index is 627. The van der Waals surface area contributed by atoms with E-state index in [1.807, 2.05) is 25.3 Å². The predicted molar refractivity (Wildman–Crippen MR) is 76.5 cm³/mol. The van der Waals surface area contributed by atoms with E-state index in [-0.39, 0.29) is 17.8 Å². The van der Waals surface area contributed by atoms with Crippen LogP contribution in [-0.2, 0) is 6.42 Å². The maximum absolute atomic E-state index is 13.3. The first kappa shape index (κ1) is 13.2. The van der Waals surface area contributed by atoms with Gasteiger partial charge in [0.25, 0.3) is 0 Å². The smallest absolute Gasteiger partial charge is 0.123 e. The summed E-state index contributed by atoms with van der Waals surface area (Å²) in [5.41, 5.74) is 7.25. The van der Waals surface area contributed by atoms with Crippen molar-refractivity contribution in [3.05, 3.63) is 64.7 Å². The Morgan fingerprint density at radius 1 is 1.40 bits per heavy atom. The molecule has 0 aliphatic heterocycles. The molecule has 2 unspecified atom stereocenters. The normalized spacial score (nSPS) is 18.9. The number of fused-ring (bicyclic) bond motifs is 1. The van der Waals surface area contributed by atoms with Gasteiger partial charge in [0.15, 0.2) is 0 Å². The highest BCUT2D eigenvalue weighted by molar-refractivity contribution is 5.36. The molecule has 1 aliphatic carbocycles. The number of hydrazine groups is 1. The Kier molecular flexibility index (Phi) is 3.51. The number of aromatic nitrogens is 1. The number of nitrogens with two attached hydrogens (primary N) is 1. The van der Waals surface area contributed by atoms with E-state index in [2.05, 4.69) is 16.5 Å². The molecule has 2 atom stereocenters. The van der Waals surface area contributed by atoms with Gasteiger partial charge in [-0.3, -0.25) is 16.3 Å². The molecule has 1 aromatic heterocycles. The molecule has 2 aromatic rings. The third-order valence-electron chi connectivity index (χ3n) is 4.15. The van der Waals surface area contributed by atoms with E-state index in [9.17, 15) is 4.39 Å². The van der Waals surface area contributed by atoms with Crippen LogP contribution in [0.1, 0.15) is 40.8 Å². The lowest BCUT2D eigenvalue weighted by atomic mass is 9.89. The van der Waals surface area contributed by atoms with Gasteiger partial charge in [-0.1, -0.05) is 12.1 Å². The minimum atomic E-state index is -0.216. The lowest BCUT2D eigenvalue weighted by Crippen LogP contribution is -2.32. The molecule has 1 aromatic carbocycles. The molecule has 1 heterocycles. The fourth-order valence-electron chi connectivity index (χ4n) is 3.18. The van der Waals surface area contributed by atoms with Crippen LogP contribution in [0.15, 0.2) is 36.5 Å². The van der Waals surface area contributed by atoms with Gasteiger partial charge in [-0.25, -0.2) is 4.39 Å². The molecule has 0 saturated carbocycles. The quantitative estimate of drug-likeness (QED) is 0.666. The summed E-state index contributed by atoms with van der Waals surface area (Å²) < 4.78 is 13.3. The molecule has 3 rings (SSSR count). The summed E-state index contributed by atoms with van der Waals surface area (Å²) in [4.78, 5) is 4.51. The van der Waals surface area contributed by atoms with E-state index in [4.69, 9.17) is 5.84 Å². The van der Waals surface area contributed by atoms with Crippen molar-refractivity contribution >= 4 is 0 Å². The number of nitrogens with zero attached hydrogens (tertiary/aromatic N) is 1. The molecule has 104 valence electrons. The largest absolute Gasteiger partial charge is 0.271 e. The highest BCUT2D eigenvalue weighted by Crippen LogP contribution is 2.40. The van der Waals surface area contributed by atoms with Crippen LogP contribution in [0.5, 0.6) is 0 Å². The Labute approximate surface area is 118 Å². The topological polar surface area (TPSA) is 50.9 Å². The molecule has 1 aliphatic rings. The van der Waals surface area contributed by atoms with Crippen molar-refractivity contribution in [3.63, 3.8) is 0 Å². The minimum Gasteiger partial charge on any atom is -0.271 e. The summed E-state index contributed by atoms with van der Waals surface area (Å²) in [6.07, 6.45) is 3.85. The van der Waals surface area contributed by atoms with Crippen molar-refractivity contribution in [1.29, 1.82) is 0 Å². The highest BCUT2D eigenvalue weighted by Gasteiger charge is 2.32. The number of halogens is 1. The van der Waals surface area contributed by atoms with Crippen molar-refractivity contribution in [1.82, 2.24) is 10.4 Å². The van der Waals surface area contributed by atoms with E-state index in [0.29, 0.717) is 0 Å². The number of rotatable bonds is 3. The summed E-state index contributed by atoms with van der Waals surface area (Å²) in [6, 6.07) is 8.90. The number of hydrogen-bond donors (Lipinski definition) is 2. The van der Waals surface area contributed by atoms with E-state index >= 15 is 0 Å². The average Bonchev–Trinajstić information content (AvgIpc) is 2.86. The first-order valence-corrected chi connectivity index (χ1v) is 6.86. The third kappa shape index (κ3) is 2.21. The van der Waals surface area contributed by atoms with Crippen molar-refractivity contribution in [2.75, 3.05) is 0 Å². The Morgan fingerprint density at radius 2 is 2.25 bits per heavy atom. The van der Waals surface area contributed by atoms with Crippen LogP contribution in [0.4, 0.5) is 4.39 Å². The molecular formula is C16H18FN3. The summed E-state index contributed by atoms with van der Waals surface area (Å²) in [7, 11) is 0. The van der Waals surface area contributed by atoms with Gasteiger partial charge in [-0.05, 0) is 54.7 Å². The van der Waals surface area contributed by atoms with Gasteiger partial charge in [-0.15, -0.1) is 0 Å². The van der Waals surface area contributed by atoms with Crippen LogP contribution in [0.25, 0.3) is 0 Å². The summed E-state index contributed by atoms with van der Waals surface area (Å²) in [5.74, 6) is 5.80. The van der Waals surface area contributed by atoms with Crippen molar-refractivity contribution in [3.8, 4) is 0 Å². The molecule has 3 N–H and O–H groups in total. The maximum Gasteiger partial charge on any atom is 0.123 e. The fourth-order valence-corrected chi connectivity index (χ4v) is 3.18. The van der Waals surface area contributed by atoms with Gasteiger partial charge in [0.05, 0.1) is 6.04 Å². The number of nitrogens with one attached hydrogen (secondary N) is 1. The van der Waals surface area contributed by atoms with Gasteiger partial charge in [0.2, 0.25) is 0 Å². The lowest BCUT2D eigenvalue weighted by molar-refractivity contribution is 0.444. The number of hydrogen-bond acceptors (Lipinski definition) is 3. The zero-order chi connectivity index (χ0) is 14.1. The zero-order valence-corrected chi connectivity index (χ0v) is 11.4. The van der Waals surface area contributed by atoms with Crippen LogP contribution in [0, 0.1) is 12.7 Å². The molecule has 0 bridgehead atoms. The second-order valence-corrected chi connectivity index (χ2v) is 5.34. The van der Waals surface area contributed by atoms with Crippen LogP contribution in [0.2, 0.25) is 0 Å². The zero-order valence-electron chi connectivity index (χ0n) is 11.4. The van der Waals surface area contributed by atoms with Gasteiger partial charge >= 0.3 is 0 Å². The van der Waals surface area contributed by atoms with Crippen LogP contribution in [-0.4, -0.2) is 4.98 Å². The van der Waals surface area contributed by atoms with Crippen LogP contribution < -0.4 is 11.3 Å². The average molecular weight is 271 g/mol. The molecule has 3 nitrogen and oxygen atoms in total. The minimum absolute atomic E-state index is 0.0354. The molecule has 0 spiro atoms.